The number of pyridine rings is 1. The summed E-state index contributed by atoms with van der Waals surface area (Å²) in [5.74, 6) is -0.652. The van der Waals surface area contributed by atoms with Crippen molar-refractivity contribution < 1.29 is 27.2 Å². The van der Waals surface area contributed by atoms with Gasteiger partial charge in [0, 0.05) is 54.1 Å². The zero-order chi connectivity index (χ0) is 25.3. The molecule has 0 spiro atoms. The fourth-order valence-electron chi connectivity index (χ4n) is 4.88. The molecule has 35 heavy (non-hydrogen) atoms. The molecular weight excluding hydrogens is 488 g/mol. The summed E-state index contributed by atoms with van der Waals surface area (Å²) in [7, 11) is 0. The number of fused-ring (bicyclic) bond motifs is 1. The molecule has 1 saturated carbocycles. The molecule has 2 N–H and O–H groups in total. The summed E-state index contributed by atoms with van der Waals surface area (Å²) in [5, 5.41) is 6.90. The van der Waals surface area contributed by atoms with Gasteiger partial charge in [-0.05, 0) is 56.4 Å². The number of amides is 2. The molecule has 1 aromatic heterocycles. The predicted molar refractivity (Wildman–Crippen MR) is 125 cm³/mol. The summed E-state index contributed by atoms with van der Waals surface area (Å²) in [6.07, 6.45) is -3.46. The first-order valence-corrected chi connectivity index (χ1v) is 12.0. The maximum absolute atomic E-state index is 13.5. The molecule has 1 aliphatic heterocycles. The Kier molecular flexibility index (Phi) is 7.40. The second-order valence-corrected chi connectivity index (χ2v) is 9.81. The zero-order valence-corrected chi connectivity index (χ0v) is 19.9. The van der Waals surface area contributed by atoms with Crippen molar-refractivity contribution in [2.75, 3.05) is 18.4 Å². The lowest BCUT2D eigenvalue weighted by molar-refractivity contribution is -0.141. The van der Waals surface area contributed by atoms with Crippen LogP contribution in [0.2, 0.25) is 5.02 Å². The van der Waals surface area contributed by atoms with Crippen LogP contribution in [-0.4, -0.2) is 53.0 Å². The first-order valence-electron chi connectivity index (χ1n) is 11.6. The van der Waals surface area contributed by atoms with Crippen molar-refractivity contribution in [3.8, 4) is 0 Å². The molecule has 4 rings (SSSR count). The molecule has 1 saturated heterocycles. The Bertz CT molecular complexity index is 1100. The summed E-state index contributed by atoms with van der Waals surface area (Å²) in [4.78, 5) is 30.2. The molecule has 2 fully saturated rings. The van der Waals surface area contributed by atoms with E-state index in [1.54, 1.807) is 11.0 Å². The quantitative estimate of drug-likeness (QED) is 0.566. The van der Waals surface area contributed by atoms with Gasteiger partial charge < -0.3 is 15.5 Å². The Labute approximate surface area is 205 Å². The summed E-state index contributed by atoms with van der Waals surface area (Å²) in [5.41, 5.74) is -0.701. The number of likely N-dealkylation sites (tertiary alicyclic amines) is 1. The van der Waals surface area contributed by atoms with Crippen molar-refractivity contribution in [2.24, 2.45) is 5.92 Å². The van der Waals surface area contributed by atoms with Crippen molar-refractivity contribution in [3.63, 3.8) is 0 Å². The van der Waals surface area contributed by atoms with Crippen LogP contribution in [0.25, 0.3) is 10.9 Å². The van der Waals surface area contributed by atoms with Crippen LogP contribution in [0.15, 0.2) is 24.3 Å². The lowest BCUT2D eigenvalue weighted by Crippen LogP contribution is -2.56. The largest absolute Gasteiger partial charge is 0.433 e. The highest BCUT2D eigenvalue weighted by atomic mass is 35.5. The molecule has 6 nitrogen and oxygen atoms in total. The number of rotatable bonds is 4. The topological polar surface area (TPSA) is 74.3 Å². The van der Waals surface area contributed by atoms with Gasteiger partial charge in [0.2, 0.25) is 11.8 Å². The number of hydrogen-bond donors (Lipinski definition) is 2. The lowest BCUT2D eigenvalue weighted by Gasteiger charge is -2.39. The molecule has 0 unspecified atom stereocenters. The summed E-state index contributed by atoms with van der Waals surface area (Å²) in [6, 6.07) is 4.56. The van der Waals surface area contributed by atoms with Gasteiger partial charge in [0.25, 0.3) is 0 Å². The van der Waals surface area contributed by atoms with Crippen molar-refractivity contribution in [3.05, 3.63) is 35.0 Å². The summed E-state index contributed by atoms with van der Waals surface area (Å²) >= 11 is 6.09. The highest BCUT2D eigenvalue weighted by Gasteiger charge is 2.35. The average molecular weight is 515 g/mol. The molecule has 0 radical (unpaired) electrons. The highest BCUT2D eigenvalue weighted by molar-refractivity contribution is 6.31. The highest BCUT2D eigenvalue weighted by Crippen LogP contribution is 2.35. The van der Waals surface area contributed by atoms with Gasteiger partial charge in [-0.3, -0.25) is 9.59 Å². The smallest absolute Gasteiger partial charge is 0.380 e. The molecule has 2 amide bonds. The van der Waals surface area contributed by atoms with Crippen molar-refractivity contribution in [1.29, 1.82) is 0 Å². The third-order valence-corrected chi connectivity index (χ3v) is 6.93. The molecule has 2 atom stereocenters. The van der Waals surface area contributed by atoms with Gasteiger partial charge in [-0.25, -0.2) is 9.37 Å². The molecule has 0 bridgehead atoms. The maximum Gasteiger partial charge on any atom is 0.433 e. The number of carbonyl (C=O) groups excluding carboxylic acids is 2. The minimum absolute atomic E-state index is 0.138. The Morgan fingerprint density at radius 3 is 2.43 bits per heavy atom. The second kappa shape index (κ2) is 10.2. The van der Waals surface area contributed by atoms with E-state index >= 15 is 0 Å². The fourth-order valence-corrected chi connectivity index (χ4v) is 5.05. The van der Waals surface area contributed by atoms with Crippen molar-refractivity contribution in [2.45, 2.75) is 63.5 Å². The summed E-state index contributed by atoms with van der Waals surface area (Å²) < 4.78 is 53.9. The van der Waals surface area contributed by atoms with Gasteiger partial charge in [-0.15, -0.1) is 0 Å². The van der Waals surface area contributed by atoms with E-state index in [4.69, 9.17) is 11.6 Å². The molecule has 2 aliphatic rings. The van der Waals surface area contributed by atoms with Crippen LogP contribution in [0.1, 0.15) is 44.7 Å². The normalized spacial score (nSPS) is 25.4. The van der Waals surface area contributed by atoms with E-state index in [9.17, 15) is 27.2 Å². The molecule has 1 aromatic carbocycles. The van der Waals surface area contributed by atoms with Gasteiger partial charge in [0.15, 0.2) is 0 Å². The number of anilines is 1. The van der Waals surface area contributed by atoms with E-state index in [1.807, 2.05) is 0 Å². The first kappa shape index (κ1) is 25.5. The minimum atomic E-state index is -4.64. The number of halogens is 5. The number of benzene rings is 1. The molecule has 2 heterocycles. The predicted octanol–water partition coefficient (Wildman–Crippen LogP) is 4.95. The van der Waals surface area contributed by atoms with E-state index in [-0.39, 0.29) is 41.5 Å². The van der Waals surface area contributed by atoms with Gasteiger partial charge >= 0.3 is 6.18 Å². The SMILES string of the molecule is CC(=O)N1C[C@@H](NC(=O)C2CCC(F)CC2)C[C@@H](Nc2cc(C(F)(F)F)nc3ccc(Cl)cc23)C1. The minimum Gasteiger partial charge on any atom is -0.380 e. The Hall–Kier alpha value is -2.62. The van der Waals surface area contributed by atoms with Crippen LogP contribution < -0.4 is 10.6 Å². The lowest BCUT2D eigenvalue weighted by atomic mass is 9.87. The van der Waals surface area contributed by atoms with Crippen LogP contribution in [-0.2, 0) is 15.8 Å². The number of hydrogen-bond acceptors (Lipinski definition) is 4. The fraction of sp³-hybridized carbons (Fsp3) is 0.542. The average Bonchev–Trinajstić information content (AvgIpc) is 2.78. The second-order valence-electron chi connectivity index (χ2n) is 9.37. The van der Waals surface area contributed by atoms with E-state index in [0.717, 1.165) is 6.07 Å². The Balaban J connectivity index is 1.56. The van der Waals surface area contributed by atoms with Crippen LogP contribution >= 0.6 is 11.6 Å². The van der Waals surface area contributed by atoms with Crippen LogP contribution in [0, 0.1) is 5.92 Å². The summed E-state index contributed by atoms with van der Waals surface area (Å²) in [6.45, 7) is 1.97. The third-order valence-electron chi connectivity index (χ3n) is 6.69. The number of carbonyl (C=O) groups is 2. The van der Waals surface area contributed by atoms with Crippen LogP contribution in [0.3, 0.4) is 0 Å². The molecule has 190 valence electrons. The van der Waals surface area contributed by atoms with Crippen LogP contribution in [0.4, 0.5) is 23.2 Å². The van der Waals surface area contributed by atoms with E-state index < -0.39 is 24.1 Å². The van der Waals surface area contributed by atoms with E-state index in [0.29, 0.717) is 49.1 Å². The number of alkyl halides is 4. The molecule has 1 aliphatic carbocycles. The van der Waals surface area contributed by atoms with Crippen molar-refractivity contribution in [1.82, 2.24) is 15.2 Å². The number of nitrogens with one attached hydrogen (secondary N) is 2. The number of piperidine rings is 1. The van der Waals surface area contributed by atoms with Crippen LogP contribution in [0.5, 0.6) is 0 Å². The van der Waals surface area contributed by atoms with Gasteiger partial charge in [-0.1, -0.05) is 11.6 Å². The first-order chi connectivity index (χ1) is 16.5. The van der Waals surface area contributed by atoms with Gasteiger partial charge in [-0.2, -0.15) is 13.2 Å². The standard InChI is InChI=1S/C24H27ClF4N4O2/c1-13(34)33-11-17(9-18(12-33)31-23(35)14-2-5-16(26)6-3-14)30-21-10-22(24(27,28)29)32-20-7-4-15(25)8-19(20)21/h4,7-8,10,14,16-18H,2-3,5-6,9,11-12H2,1H3,(H,30,32)(H,31,35)/t14?,16?,17-,18+/m1/s1. The molecule has 2 aromatic rings. The number of nitrogens with zero attached hydrogens (tertiary/aromatic N) is 2. The number of aromatic nitrogens is 1. The van der Waals surface area contributed by atoms with E-state index in [2.05, 4.69) is 15.6 Å². The zero-order valence-electron chi connectivity index (χ0n) is 19.2. The molecular formula is C24H27ClF4N4O2. The Morgan fingerprint density at radius 2 is 1.77 bits per heavy atom. The van der Waals surface area contributed by atoms with Crippen molar-refractivity contribution >= 4 is 40.0 Å². The van der Waals surface area contributed by atoms with E-state index in [1.165, 1.54) is 19.1 Å². The maximum atomic E-state index is 13.5. The Morgan fingerprint density at radius 1 is 1.09 bits per heavy atom. The third kappa shape index (κ3) is 6.15. The molecule has 11 heteroatoms. The van der Waals surface area contributed by atoms with Gasteiger partial charge in [0.1, 0.15) is 11.9 Å². The van der Waals surface area contributed by atoms with Gasteiger partial charge in [0.05, 0.1) is 5.52 Å². The monoisotopic (exact) mass is 514 g/mol.